The van der Waals surface area contributed by atoms with Gasteiger partial charge in [0.1, 0.15) is 0 Å². The molecule has 0 N–H and O–H groups in total. The molecule has 5 nitrogen and oxygen atoms in total. The molecule has 0 spiro atoms. The lowest BCUT2D eigenvalue weighted by atomic mass is 10.1. The zero-order chi connectivity index (χ0) is 15.9. The lowest BCUT2D eigenvalue weighted by molar-refractivity contribution is 0.0593. The Morgan fingerprint density at radius 2 is 1.95 bits per heavy atom. The van der Waals surface area contributed by atoms with E-state index in [1.54, 1.807) is 11.7 Å². The molecule has 1 heterocycles. The summed E-state index contributed by atoms with van der Waals surface area (Å²) in [6.45, 7) is 0.681. The van der Waals surface area contributed by atoms with E-state index in [0.29, 0.717) is 13.0 Å². The van der Waals surface area contributed by atoms with Gasteiger partial charge in [-0.05, 0) is 43.0 Å². The molecule has 1 aromatic heterocycles. The average molecular weight is 323 g/mol. The van der Waals surface area contributed by atoms with E-state index >= 15 is 0 Å². The molecule has 2 rings (SSSR count). The van der Waals surface area contributed by atoms with Gasteiger partial charge in [0.2, 0.25) is 5.28 Å². The van der Waals surface area contributed by atoms with E-state index < -0.39 is 5.97 Å². The van der Waals surface area contributed by atoms with Crippen LogP contribution in [0.3, 0.4) is 0 Å². The monoisotopic (exact) mass is 322 g/mol. The molecule has 0 saturated carbocycles. The van der Waals surface area contributed by atoms with E-state index in [1.807, 2.05) is 30.3 Å². The lowest BCUT2D eigenvalue weighted by Crippen LogP contribution is -2.09. The number of imidazole rings is 1. The Kier molecular flexibility index (Phi) is 5.98. The van der Waals surface area contributed by atoms with Gasteiger partial charge < -0.3 is 9.47 Å². The number of hydrogen-bond donors (Lipinski definition) is 0. The van der Waals surface area contributed by atoms with Gasteiger partial charge in [-0.15, -0.1) is 0 Å². The minimum atomic E-state index is -0.474. The molecule has 0 atom stereocenters. The Labute approximate surface area is 134 Å². The molecule has 0 saturated heterocycles. The van der Waals surface area contributed by atoms with Gasteiger partial charge in [-0.1, -0.05) is 18.2 Å². The molecule has 0 aliphatic carbocycles. The van der Waals surface area contributed by atoms with Gasteiger partial charge in [0.05, 0.1) is 12.8 Å². The van der Waals surface area contributed by atoms with Crippen LogP contribution in [0.15, 0.2) is 30.3 Å². The minimum absolute atomic E-state index is 0.258. The second-order valence-electron chi connectivity index (χ2n) is 4.79. The molecule has 6 heteroatoms. The first-order chi connectivity index (χ1) is 10.7. The Morgan fingerprint density at radius 3 is 2.59 bits per heavy atom. The number of carbonyl (C=O) groups is 1. The van der Waals surface area contributed by atoms with Crippen LogP contribution in [0, 0.1) is 0 Å². The van der Waals surface area contributed by atoms with Gasteiger partial charge in [-0.3, -0.25) is 4.57 Å². The van der Waals surface area contributed by atoms with Crippen LogP contribution in [-0.2, 0) is 15.9 Å². The summed E-state index contributed by atoms with van der Waals surface area (Å²) < 4.78 is 11.7. The maximum atomic E-state index is 11.9. The van der Waals surface area contributed by atoms with Gasteiger partial charge in [0, 0.05) is 19.4 Å². The van der Waals surface area contributed by atoms with Crippen LogP contribution in [0.4, 0.5) is 0 Å². The Bertz CT molecular complexity index is 626. The number of carbonyl (C=O) groups excluding carboxylic acids is 1. The maximum absolute atomic E-state index is 11.9. The van der Waals surface area contributed by atoms with E-state index in [-0.39, 0.29) is 11.0 Å². The number of unbranched alkanes of at least 4 members (excludes halogenated alkanes) is 1. The van der Waals surface area contributed by atoms with Crippen molar-refractivity contribution in [3.8, 4) is 5.69 Å². The third kappa shape index (κ3) is 3.67. The summed E-state index contributed by atoms with van der Waals surface area (Å²) in [5.74, 6) is -0.474. The van der Waals surface area contributed by atoms with Crippen LogP contribution in [0.1, 0.15) is 29.0 Å². The summed E-state index contributed by atoms with van der Waals surface area (Å²) in [7, 11) is 3.01. The van der Waals surface area contributed by atoms with Crippen LogP contribution in [0.2, 0.25) is 5.28 Å². The van der Waals surface area contributed by atoms with E-state index in [2.05, 4.69) is 4.98 Å². The molecule has 118 valence electrons. The molecule has 0 radical (unpaired) electrons. The molecule has 0 aliphatic rings. The number of para-hydroxylation sites is 1. The van der Waals surface area contributed by atoms with Crippen LogP contribution in [0.25, 0.3) is 5.69 Å². The zero-order valence-electron chi connectivity index (χ0n) is 12.7. The summed E-state index contributed by atoms with van der Waals surface area (Å²) in [5, 5.41) is 0.258. The summed E-state index contributed by atoms with van der Waals surface area (Å²) in [6.07, 6.45) is 2.43. The molecular weight excluding hydrogens is 304 g/mol. The van der Waals surface area contributed by atoms with Crippen molar-refractivity contribution in [1.29, 1.82) is 0 Å². The number of esters is 1. The molecule has 0 aliphatic heterocycles. The number of benzene rings is 1. The third-order valence-corrected chi connectivity index (χ3v) is 3.59. The van der Waals surface area contributed by atoms with E-state index in [0.717, 1.165) is 24.2 Å². The topological polar surface area (TPSA) is 53.4 Å². The van der Waals surface area contributed by atoms with Crippen LogP contribution in [-0.4, -0.2) is 36.3 Å². The summed E-state index contributed by atoms with van der Waals surface area (Å²) in [5.41, 5.74) is 1.91. The van der Waals surface area contributed by atoms with Crippen molar-refractivity contribution in [3.63, 3.8) is 0 Å². The Morgan fingerprint density at radius 1 is 1.23 bits per heavy atom. The molecule has 0 fully saturated rings. The van der Waals surface area contributed by atoms with Crippen molar-refractivity contribution in [1.82, 2.24) is 9.55 Å². The van der Waals surface area contributed by atoms with Gasteiger partial charge in [-0.25, -0.2) is 9.78 Å². The van der Waals surface area contributed by atoms with Crippen LogP contribution >= 0.6 is 11.6 Å². The van der Waals surface area contributed by atoms with Crippen molar-refractivity contribution < 1.29 is 14.3 Å². The van der Waals surface area contributed by atoms with Crippen molar-refractivity contribution in [2.45, 2.75) is 19.3 Å². The van der Waals surface area contributed by atoms with Gasteiger partial charge in [-0.2, -0.15) is 0 Å². The van der Waals surface area contributed by atoms with Gasteiger partial charge in [0.25, 0.3) is 0 Å². The fraction of sp³-hybridized carbons (Fsp3) is 0.375. The van der Waals surface area contributed by atoms with Crippen LogP contribution < -0.4 is 0 Å². The summed E-state index contributed by atoms with van der Waals surface area (Å²) >= 11 is 6.25. The predicted octanol–water partition coefficient (Wildman–Crippen LogP) is 3.28. The fourth-order valence-corrected chi connectivity index (χ4v) is 2.58. The van der Waals surface area contributed by atoms with Gasteiger partial charge >= 0.3 is 5.97 Å². The summed E-state index contributed by atoms with van der Waals surface area (Å²) in [4.78, 5) is 16.1. The SMILES string of the molecule is COCCCCc1c(C(=O)OC)nc(Cl)n1-c1ccccc1. The molecule has 0 unspecified atom stereocenters. The van der Waals surface area contributed by atoms with Crippen molar-refractivity contribution in [3.05, 3.63) is 47.0 Å². The first kappa shape index (κ1) is 16.5. The average Bonchev–Trinajstić information content (AvgIpc) is 2.88. The second-order valence-corrected chi connectivity index (χ2v) is 5.13. The van der Waals surface area contributed by atoms with Crippen molar-refractivity contribution in [2.24, 2.45) is 0 Å². The third-order valence-electron chi connectivity index (χ3n) is 3.34. The number of methoxy groups -OCH3 is 2. The molecule has 1 aromatic carbocycles. The lowest BCUT2D eigenvalue weighted by Gasteiger charge is -2.10. The van der Waals surface area contributed by atoms with Gasteiger partial charge in [0.15, 0.2) is 5.69 Å². The molecule has 0 bridgehead atoms. The smallest absolute Gasteiger partial charge is 0.358 e. The minimum Gasteiger partial charge on any atom is -0.464 e. The van der Waals surface area contributed by atoms with Crippen molar-refractivity contribution >= 4 is 17.6 Å². The molecule has 22 heavy (non-hydrogen) atoms. The Hall–Kier alpha value is -1.85. The van der Waals surface area contributed by atoms with E-state index in [9.17, 15) is 4.79 Å². The van der Waals surface area contributed by atoms with E-state index in [1.165, 1.54) is 7.11 Å². The maximum Gasteiger partial charge on any atom is 0.358 e. The van der Waals surface area contributed by atoms with Crippen molar-refractivity contribution in [2.75, 3.05) is 20.8 Å². The standard InChI is InChI=1S/C16H19ClN2O3/c1-21-11-7-6-10-13-14(15(20)22-2)18-16(17)19(13)12-8-4-3-5-9-12/h3-5,8-9H,6-7,10-11H2,1-2H3. The predicted molar refractivity (Wildman–Crippen MR) is 84.7 cm³/mol. The fourth-order valence-electron chi connectivity index (χ4n) is 2.29. The number of aromatic nitrogens is 2. The molecule has 0 amide bonds. The highest BCUT2D eigenvalue weighted by molar-refractivity contribution is 6.29. The first-order valence-electron chi connectivity index (χ1n) is 7.08. The molecule has 2 aromatic rings. The Balaban J connectivity index is 2.38. The normalized spacial score (nSPS) is 10.7. The first-order valence-corrected chi connectivity index (χ1v) is 7.46. The number of hydrogen-bond acceptors (Lipinski definition) is 4. The summed E-state index contributed by atoms with van der Waals surface area (Å²) in [6, 6.07) is 9.60. The highest BCUT2D eigenvalue weighted by Gasteiger charge is 2.22. The quantitative estimate of drug-likeness (QED) is 0.580. The number of nitrogens with zero attached hydrogens (tertiary/aromatic N) is 2. The highest BCUT2D eigenvalue weighted by Crippen LogP contribution is 2.24. The largest absolute Gasteiger partial charge is 0.464 e. The molecular formula is C16H19ClN2O3. The number of halogens is 1. The number of rotatable bonds is 7. The number of ether oxygens (including phenoxy) is 2. The van der Waals surface area contributed by atoms with E-state index in [4.69, 9.17) is 21.1 Å². The van der Waals surface area contributed by atoms with Crippen LogP contribution in [0.5, 0.6) is 0 Å². The zero-order valence-corrected chi connectivity index (χ0v) is 13.5. The second kappa shape index (κ2) is 7.96. The highest BCUT2D eigenvalue weighted by atomic mass is 35.5.